The molecule has 4 N–H and O–H groups in total. The summed E-state index contributed by atoms with van der Waals surface area (Å²) in [6.45, 7) is 3.79. The lowest BCUT2D eigenvalue weighted by Gasteiger charge is -2.05. The van der Waals surface area contributed by atoms with Crippen LogP contribution >= 0.6 is 0 Å². The molecule has 0 heterocycles. The normalized spacial score (nSPS) is 10.8. The Balaban J connectivity index is 2.81. The molecule has 0 saturated heterocycles. The molecule has 0 amide bonds. The minimum Gasteiger partial charge on any atom is -0.379 e. The van der Waals surface area contributed by atoms with Crippen LogP contribution in [0.2, 0.25) is 0 Å². The molecule has 0 aromatic heterocycles. The third-order valence-corrected chi connectivity index (χ3v) is 1.96. The minimum absolute atomic E-state index is 0.430. The molecule has 0 bridgehead atoms. The van der Waals surface area contributed by atoms with Crippen LogP contribution in [0.3, 0.4) is 0 Å². The number of unbranched alkanes of at least 4 members (excludes halogenated alkanes) is 3. The van der Waals surface area contributed by atoms with Gasteiger partial charge >= 0.3 is 0 Å². The summed E-state index contributed by atoms with van der Waals surface area (Å²) in [6, 6.07) is 0. The van der Waals surface area contributed by atoms with Gasteiger partial charge in [0.05, 0.1) is 26.4 Å². The monoisotopic (exact) mass is 220 g/mol. The Hall–Kier alpha value is -0.200. The van der Waals surface area contributed by atoms with Crippen LogP contribution in [-0.4, -0.2) is 39.6 Å². The van der Waals surface area contributed by atoms with E-state index in [2.05, 4.69) is 4.84 Å². The number of ether oxygens (including phenoxy) is 2. The standard InChI is InChI=1S/C10H24N2O3/c11-5-3-1-2-4-6-13-7-8-14-9-10-15-12/h1-12H2. The Bertz CT molecular complexity index is 103. The molecule has 5 heteroatoms. The first-order valence-electron chi connectivity index (χ1n) is 5.59. The van der Waals surface area contributed by atoms with Crippen LogP contribution in [0.4, 0.5) is 0 Å². The van der Waals surface area contributed by atoms with Crippen LogP contribution in [0, 0.1) is 0 Å². The molecule has 92 valence electrons. The van der Waals surface area contributed by atoms with Gasteiger partial charge in [-0.05, 0) is 19.4 Å². The number of hydrogen-bond acceptors (Lipinski definition) is 5. The fourth-order valence-electron chi connectivity index (χ4n) is 1.13. The topological polar surface area (TPSA) is 79.7 Å². The maximum absolute atomic E-state index is 5.38. The van der Waals surface area contributed by atoms with Crippen LogP contribution in [0.5, 0.6) is 0 Å². The average molecular weight is 220 g/mol. The van der Waals surface area contributed by atoms with Gasteiger partial charge < -0.3 is 20.0 Å². The molecule has 0 radical (unpaired) electrons. The lowest BCUT2D eigenvalue weighted by molar-refractivity contribution is 0.0136. The third-order valence-electron chi connectivity index (χ3n) is 1.96. The maximum atomic E-state index is 5.38. The van der Waals surface area contributed by atoms with Crippen molar-refractivity contribution >= 4 is 0 Å². The number of hydrogen-bond donors (Lipinski definition) is 2. The summed E-state index contributed by atoms with van der Waals surface area (Å²) in [6.07, 6.45) is 4.61. The largest absolute Gasteiger partial charge is 0.379 e. The van der Waals surface area contributed by atoms with E-state index in [9.17, 15) is 0 Å². The van der Waals surface area contributed by atoms with Crippen LogP contribution in [0.1, 0.15) is 25.7 Å². The molecule has 5 nitrogen and oxygen atoms in total. The van der Waals surface area contributed by atoms with Gasteiger partial charge in [-0.2, -0.15) is 0 Å². The van der Waals surface area contributed by atoms with Crippen molar-refractivity contribution < 1.29 is 14.3 Å². The second-order valence-electron chi connectivity index (χ2n) is 3.30. The summed E-state index contributed by atoms with van der Waals surface area (Å²) in [5.74, 6) is 4.83. The second kappa shape index (κ2) is 13.8. The zero-order valence-electron chi connectivity index (χ0n) is 9.45. The number of nitrogens with two attached hydrogens (primary N) is 2. The smallest absolute Gasteiger partial charge is 0.0913 e. The summed E-state index contributed by atoms with van der Waals surface area (Å²) in [4.78, 5) is 4.35. The predicted molar refractivity (Wildman–Crippen MR) is 59.3 cm³/mol. The summed E-state index contributed by atoms with van der Waals surface area (Å²) in [5, 5.41) is 0. The summed E-state index contributed by atoms with van der Waals surface area (Å²) in [5.41, 5.74) is 5.38. The molecule has 0 spiro atoms. The summed E-state index contributed by atoms with van der Waals surface area (Å²) in [7, 11) is 0. The molecule has 0 fully saturated rings. The Kier molecular flexibility index (Phi) is 13.6. The van der Waals surface area contributed by atoms with Gasteiger partial charge in [-0.1, -0.05) is 12.8 Å². The molecule has 15 heavy (non-hydrogen) atoms. The van der Waals surface area contributed by atoms with Crippen molar-refractivity contribution in [1.29, 1.82) is 0 Å². The van der Waals surface area contributed by atoms with Gasteiger partial charge in [0.1, 0.15) is 0 Å². The van der Waals surface area contributed by atoms with E-state index in [-0.39, 0.29) is 0 Å². The molecule has 0 aliphatic rings. The van der Waals surface area contributed by atoms with Gasteiger partial charge in [-0.3, -0.25) is 0 Å². The SMILES string of the molecule is NCCCCCCOCCOCCON. The Morgan fingerprint density at radius 1 is 0.667 bits per heavy atom. The quantitative estimate of drug-likeness (QED) is 0.368. The van der Waals surface area contributed by atoms with E-state index < -0.39 is 0 Å². The predicted octanol–water partition coefficient (Wildman–Crippen LogP) is 0.429. The van der Waals surface area contributed by atoms with Gasteiger partial charge in [0, 0.05) is 6.61 Å². The molecular formula is C10H24N2O3. The summed E-state index contributed by atoms with van der Waals surface area (Å²) >= 11 is 0. The van der Waals surface area contributed by atoms with E-state index in [1.807, 2.05) is 0 Å². The summed E-state index contributed by atoms with van der Waals surface area (Å²) < 4.78 is 10.5. The Morgan fingerprint density at radius 2 is 1.27 bits per heavy atom. The first-order valence-corrected chi connectivity index (χ1v) is 5.59. The van der Waals surface area contributed by atoms with Gasteiger partial charge in [0.2, 0.25) is 0 Å². The van der Waals surface area contributed by atoms with Crippen molar-refractivity contribution in [2.45, 2.75) is 25.7 Å². The van der Waals surface area contributed by atoms with Crippen molar-refractivity contribution in [3.05, 3.63) is 0 Å². The molecule has 0 rings (SSSR count). The van der Waals surface area contributed by atoms with Gasteiger partial charge in [-0.15, -0.1) is 0 Å². The third kappa shape index (κ3) is 13.8. The Morgan fingerprint density at radius 3 is 1.93 bits per heavy atom. The lowest BCUT2D eigenvalue weighted by atomic mass is 10.2. The van der Waals surface area contributed by atoms with Crippen molar-refractivity contribution in [3.63, 3.8) is 0 Å². The van der Waals surface area contributed by atoms with E-state index in [0.717, 1.165) is 26.0 Å². The first kappa shape index (κ1) is 14.8. The van der Waals surface area contributed by atoms with Crippen molar-refractivity contribution in [2.75, 3.05) is 39.6 Å². The van der Waals surface area contributed by atoms with Crippen LogP contribution < -0.4 is 11.6 Å². The minimum atomic E-state index is 0.430. The highest BCUT2D eigenvalue weighted by molar-refractivity contribution is 4.43. The number of rotatable bonds is 12. The van der Waals surface area contributed by atoms with E-state index >= 15 is 0 Å². The fourth-order valence-corrected chi connectivity index (χ4v) is 1.13. The van der Waals surface area contributed by atoms with Gasteiger partial charge in [-0.25, -0.2) is 5.90 Å². The second-order valence-corrected chi connectivity index (χ2v) is 3.30. The van der Waals surface area contributed by atoms with Crippen LogP contribution in [0.25, 0.3) is 0 Å². The van der Waals surface area contributed by atoms with E-state index in [1.165, 1.54) is 12.8 Å². The molecule has 0 aliphatic heterocycles. The van der Waals surface area contributed by atoms with Gasteiger partial charge in [0.15, 0.2) is 0 Å². The zero-order chi connectivity index (χ0) is 11.2. The highest BCUT2D eigenvalue weighted by Gasteiger charge is 1.91. The highest BCUT2D eigenvalue weighted by Crippen LogP contribution is 1.98. The molecule has 0 aliphatic carbocycles. The molecule has 0 aromatic rings. The molecule has 0 atom stereocenters. The first-order chi connectivity index (χ1) is 7.41. The van der Waals surface area contributed by atoms with Crippen molar-refractivity contribution in [2.24, 2.45) is 11.6 Å². The van der Waals surface area contributed by atoms with E-state index in [0.29, 0.717) is 26.4 Å². The van der Waals surface area contributed by atoms with E-state index in [1.54, 1.807) is 0 Å². The van der Waals surface area contributed by atoms with Crippen molar-refractivity contribution in [3.8, 4) is 0 Å². The van der Waals surface area contributed by atoms with Crippen molar-refractivity contribution in [1.82, 2.24) is 0 Å². The highest BCUT2D eigenvalue weighted by atomic mass is 16.6. The molecular weight excluding hydrogens is 196 g/mol. The molecule has 0 aromatic carbocycles. The van der Waals surface area contributed by atoms with E-state index in [4.69, 9.17) is 21.1 Å². The average Bonchev–Trinajstić information content (AvgIpc) is 2.26. The molecule has 0 unspecified atom stereocenters. The Labute approximate surface area is 92.0 Å². The zero-order valence-corrected chi connectivity index (χ0v) is 9.45. The fraction of sp³-hybridized carbons (Fsp3) is 1.00. The maximum Gasteiger partial charge on any atom is 0.0913 e. The van der Waals surface area contributed by atoms with Crippen LogP contribution in [0.15, 0.2) is 0 Å². The molecule has 0 saturated carbocycles. The lowest BCUT2D eigenvalue weighted by Crippen LogP contribution is -2.11. The van der Waals surface area contributed by atoms with Gasteiger partial charge in [0.25, 0.3) is 0 Å². The van der Waals surface area contributed by atoms with Crippen LogP contribution in [-0.2, 0) is 14.3 Å².